The molecule has 5 heteroatoms. The molecule has 1 nitrogen and oxygen atoms in total. The van der Waals surface area contributed by atoms with Crippen LogP contribution < -0.4 is 0 Å². The minimum atomic E-state index is -2.51. The summed E-state index contributed by atoms with van der Waals surface area (Å²) >= 11 is 5.03. The number of alkyl halides is 2. The summed E-state index contributed by atoms with van der Waals surface area (Å²) in [5, 5.41) is 0. The van der Waals surface area contributed by atoms with E-state index < -0.39 is 6.43 Å². The zero-order valence-corrected chi connectivity index (χ0v) is 9.86. The van der Waals surface area contributed by atoms with Gasteiger partial charge in [-0.15, -0.1) is 0 Å². The normalized spacial score (nSPS) is 10.8. The van der Waals surface area contributed by atoms with Gasteiger partial charge in [-0.2, -0.15) is 0 Å². The van der Waals surface area contributed by atoms with Crippen molar-refractivity contribution in [2.24, 2.45) is 0 Å². The van der Waals surface area contributed by atoms with Crippen molar-refractivity contribution in [2.75, 3.05) is 0 Å². The molecule has 1 aromatic rings. The summed E-state index contributed by atoms with van der Waals surface area (Å²) in [6, 6.07) is 1.72. The lowest BCUT2D eigenvalue weighted by Gasteiger charge is -2.05. The van der Waals surface area contributed by atoms with Gasteiger partial charge < -0.3 is 0 Å². The highest BCUT2D eigenvalue weighted by Crippen LogP contribution is 2.28. The molecule has 0 amide bonds. The Morgan fingerprint density at radius 2 is 2.17 bits per heavy atom. The number of aromatic nitrogens is 1. The topological polar surface area (TPSA) is 12.9 Å². The lowest BCUT2D eigenvalue weighted by Crippen LogP contribution is -1.97. The Kier molecular flexibility index (Phi) is 3.39. The maximum Gasteiger partial charge on any atom is 0.281 e. The van der Waals surface area contributed by atoms with Crippen molar-refractivity contribution in [3.63, 3.8) is 0 Å². The molecule has 0 aliphatic heterocycles. The van der Waals surface area contributed by atoms with Gasteiger partial charge in [0, 0.05) is 10.2 Å². The van der Waals surface area contributed by atoms with Gasteiger partial charge in [0.25, 0.3) is 6.43 Å². The summed E-state index contributed by atoms with van der Waals surface area (Å²) in [7, 11) is 0. The van der Waals surface area contributed by atoms with E-state index in [1.54, 1.807) is 13.0 Å². The average Bonchev–Trinajstić information content (AvgIpc) is 1.96. The van der Waals surface area contributed by atoms with E-state index in [9.17, 15) is 8.78 Å². The third kappa shape index (κ3) is 2.12. The number of rotatable bonds is 1. The molecule has 0 fully saturated rings. The number of aryl methyl sites for hydroxylation is 1. The zero-order valence-electron chi connectivity index (χ0n) is 6.11. The van der Waals surface area contributed by atoms with Crippen LogP contribution in [0.25, 0.3) is 0 Å². The molecule has 0 unspecified atom stereocenters. The van der Waals surface area contributed by atoms with Crippen LogP contribution in [-0.4, -0.2) is 4.98 Å². The fourth-order valence-corrected chi connectivity index (χ4v) is 1.83. The molecule has 1 heterocycles. The standard InChI is InChI=1S/C7H5BrF2IN/c1-3-2-4(8)5(11)6(12-3)7(9)10/h2,7H,1H3. The second-order valence-corrected chi connectivity index (χ2v) is 4.18. The Labute approximate surface area is 90.8 Å². The summed E-state index contributed by atoms with van der Waals surface area (Å²) in [5.74, 6) is 0. The molecular formula is C7H5BrF2IN. The number of hydrogen-bond donors (Lipinski definition) is 0. The van der Waals surface area contributed by atoms with Crippen LogP contribution in [0.2, 0.25) is 0 Å². The van der Waals surface area contributed by atoms with Crippen LogP contribution in [0.1, 0.15) is 17.8 Å². The maximum atomic E-state index is 12.3. The van der Waals surface area contributed by atoms with Crippen molar-refractivity contribution < 1.29 is 8.78 Å². The second-order valence-electron chi connectivity index (χ2n) is 2.25. The molecule has 0 bridgehead atoms. The quantitative estimate of drug-likeness (QED) is 0.706. The molecule has 0 spiro atoms. The van der Waals surface area contributed by atoms with Gasteiger partial charge in [-0.3, -0.25) is 4.98 Å². The Morgan fingerprint density at radius 3 is 2.67 bits per heavy atom. The molecule has 66 valence electrons. The van der Waals surface area contributed by atoms with Gasteiger partial charge in [-0.1, -0.05) is 0 Å². The van der Waals surface area contributed by atoms with Crippen molar-refractivity contribution in [3.05, 3.63) is 25.5 Å². The van der Waals surface area contributed by atoms with Gasteiger partial charge in [-0.05, 0) is 51.5 Å². The highest BCUT2D eigenvalue weighted by Gasteiger charge is 2.15. The van der Waals surface area contributed by atoms with E-state index in [1.165, 1.54) is 0 Å². The molecular weight excluding hydrogens is 343 g/mol. The first-order chi connectivity index (χ1) is 5.52. The first kappa shape index (κ1) is 10.3. The van der Waals surface area contributed by atoms with Gasteiger partial charge >= 0.3 is 0 Å². The van der Waals surface area contributed by atoms with E-state index in [1.807, 2.05) is 22.6 Å². The fraction of sp³-hybridized carbons (Fsp3) is 0.286. The second kappa shape index (κ2) is 3.95. The lowest BCUT2D eigenvalue weighted by molar-refractivity contribution is 0.144. The maximum absolute atomic E-state index is 12.3. The van der Waals surface area contributed by atoms with Crippen LogP contribution in [0, 0.1) is 10.5 Å². The lowest BCUT2D eigenvalue weighted by atomic mass is 10.3. The number of halogens is 4. The first-order valence-electron chi connectivity index (χ1n) is 3.13. The van der Waals surface area contributed by atoms with Crippen LogP contribution in [0.5, 0.6) is 0 Å². The van der Waals surface area contributed by atoms with Gasteiger partial charge in [0.1, 0.15) is 5.69 Å². The molecule has 0 aromatic carbocycles. The molecule has 1 aromatic heterocycles. The van der Waals surface area contributed by atoms with Crippen molar-refractivity contribution in [1.29, 1.82) is 0 Å². The minimum absolute atomic E-state index is 0.150. The number of pyridine rings is 1. The highest BCUT2D eigenvalue weighted by atomic mass is 127. The highest BCUT2D eigenvalue weighted by molar-refractivity contribution is 14.1. The molecule has 0 saturated heterocycles. The van der Waals surface area contributed by atoms with Gasteiger partial charge in [0.2, 0.25) is 0 Å². The van der Waals surface area contributed by atoms with Gasteiger partial charge in [-0.25, -0.2) is 8.78 Å². The smallest absolute Gasteiger partial charge is 0.251 e. The SMILES string of the molecule is Cc1cc(Br)c(I)c(C(F)F)n1. The van der Waals surface area contributed by atoms with E-state index >= 15 is 0 Å². The van der Waals surface area contributed by atoms with Crippen molar-refractivity contribution >= 4 is 38.5 Å². The molecule has 0 radical (unpaired) electrons. The summed E-state index contributed by atoms with van der Waals surface area (Å²) in [6.45, 7) is 1.69. The molecule has 0 atom stereocenters. The minimum Gasteiger partial charge on any atom is -0.251 e. The molecule has 0 saturated carbocycles. The van der Waals surface area contributed by atoms with E-state index in [4.69, 9.17) is 0 Å². The third-order valence-corrected chi connectivity index (χ3v) is 3.77. The Bertz CT molecular complexity index is 304. The van der Waals surface area contributed by atoms with Gasteiger partial charge in [0.05, 0.1) is 3.57 Å². The molecule has 0 aliphatic carbocycles. The Morgan fingerprint density at radius 1 is 1.58 bits per heavy atom. The average molecular weight is 348 g/mol. The predicted molar refractivity (Wildman–Crippen MR) is 54.3 cm³/mol. The third-order valence-electron chi connectivity index (χ3n) is 1.27. The summed E-state index contributed by atoms with van der Waals surface area (Å²) in [5.41, 5.74) is 0.445. The van der Waals surface area contributed by atoms with Crippen LogP contribution in [0.15, 0.2) is 10.5 Å². The van der Waals surface area contributed by atoms with E-state index in [2.05, 4.69) is 20.9 Å². The van der Waals surface area contributed by atoms with Crippen LogP contribution in [-0.2, 0) is 0 Å². The molecule has 12 heavy (non-hydrogen) atoms. The predicted octanol–water partition coefficient (Wildman–Crippen LogP) is 3.69. The first-order valence-corrected chi connectivity index (χ1v) is 5.00. The molecule has 0 N–H and O–H groups in total. The van der Waals surface area contributed by atoms with E-state index in [0.29, 0.717) is 13.7 Å². The number of nitrogens with zero attached hydrogens (tertiary/aromatic N) is 1. The van der Waals surface area contributed by atoms with E-state index in [-0.39, 0.29) is 5.69 Å². The van der Waals surface area contributed by atoms with Crippen molar-refractivity contribution in [2.45, 2.75) is 13.3 Å². The summed E-state index contributed by atoms with van der Waals surface area (Å²) in [4.78, 5) is 3.75. The Hall–Kier alpha value is 0.220. The van der Waals surface area contributed by atoms with Crippen LogP contribution in [0.4, 0.5) is 8.78 Å². The van der Waals surface area contributed by atoms with Crippen molar-refractivity contribution in [1.82, 2.24) is 4.98 Å². The Balaban J connectivity index is 3.28. The van der Waals surface area contributed by atoms with Crippen molar-refractivity contribution in [3.8, 4) is 0 Å². The monoisotopic (exact) mass is 347 g/mol. The largest absolute Gasteiger partial charge is 0.281 e. The van der Waals surface area contributed by atoms with Crippen LogP contribution in [0.3, 0.4) is 0 Å². The van der Waals surface area contributed by atoms with Crippen LogP contribution >= 0.6 is 38.5 Å². The summed E-state index contributed by atoms with van der Waals surface area (Å²) < 4.78 is 25.8. The molecule has 0 aliphatic rings. The van der Waals surface area contributed by atoms with E-state index in [0.717, 1.165) is 0 Å². The van der Waals surface area contributed by atoms with Gasteiger partial charge in [0.15, 0.2) is 0 Å². The number of hydrogen-bond acceptors (Lipinski definition) is 1. The molecule has 1 rings (SSSR count). The zero-order chi connectivity index (χ0) is 9.30. The summed E-state index contributed by atoms with van der Waals surface area (Å²) in [6.07, 6.45) is -2.51. The fourth-order valence-electron chi connectivity index (χ4n) is 0.785.